The highest BCUT2D eigenvalue weighted by Crippen LogP contribution is 2.33. The molecule has 0 saturated carbocycles. The Balaban J connectivity index is 2.40. The van der Waals surface area contributed by atoms with Gasteiger partial charge in [-0.15, -0.1) is 0 Å². The first-order valence-electron chi connectivity index (χ1n) is 7.89. The number of nitro groups is 1. The number of benzene rings is 2. The Morgan fingerprint density at radius 3 is 2.57 bits per heavy atom. The molecule has 0 atom stereocenters. The van der Waals surface area contributed by atoms with Crippen molar-refractivity contribution in [2.24, 2.45) is 0 Å². The monoisotopic (exact) mass is 427 g/mol. The number of carbonyl (C=O) groups excluding carboxylic acids is 1. The first-order chi connectivity index (χ1) is 13.0. The van der Waals surface area contributed by atoms with E-state index in [4.69, 9.17) is 16.3 Å². The second-order valence-electron chi connectivity index (χ2n) is 5.84. The third-order valence-electron chi connectivity index (χ3n) is 3.87. The van der Waals surface area contributed by atoms with Crippen molar-refractivity contribution in [3.05, 3.63) is 57.1 Å². The molecule has 2 aromatic carbocycles. The Labute approximate surface area is 167 Å². The number of nitrogens with zero attached hydrogens (tertiary/aromatic N) is 2. The minimum absolute atomic E-state index is 0.0720. The molecule has 9 nitrogen and oxygen atoms in total. The summed E-state index contributed by atoms with van der Waals surface area (Å²) in [7, 11) is -2.66. The molecule has 0 aliphatic carbocycles. The average molecular weight is 428 g/mol. The van der Waals surface area contributed by atoms with Crippen LogP contribution in [0.2, 0.25) is 5.02 Å². The zero-order valence-electron chi connectivity index (χ0n) is 15.3. The lowest BCUT2D eigenvalue weighted by Gasteiger charge is -2.23. The second kappa shape index (κ2) is 8.44. The summed E-state index contributed by atoms with van der Waals surface area (Å²) in [6, 6.07) is 8.41. The molecule has 0 spiro atoms. The number of rotatable bonds is 7. The molecule has 0 bridgehead atoms. The van der Waals surface area contributed by atoms with Crippen LogP contribution < -0.4 is 14.4 Å². The zero-order chi connectivity index (χ0) is 21.1. The number of methoxy groups -OCH3 is 1. The number of carbonyl (C=O) groups is 1. The number of anilines is 2. The van der Waals surface area contributed by atoms with Crippen LogP contribution in [-0.4, -0.2) is 39.2 Å². The van der Waals surface area contributed by atoms with Gasteiger partial charge in [-0.05, 0) is 30.7 Å². The van der Waals surface area contributed by atoms with Gasteiger partial charge in [0.05, 0.1) is 18.3 Å². The number of nitrogens with one attached hydrogen (secondary N) is 1. The number of ether oxygens (including phenoxy) is 1. The highest BCUT2D eigenvalue weighted by molar-refractivity contribution is 7.92. The van der Waals surface area contributed by atoms with Gasteiger partial charge in [-0.2, -0.15) is 0 Å². The summed E-state index contributed by atoms with van der Waals surface area (Å²) >= 11 is 6.02. The second-order valence-corrected chi connectivity index (χ2v) is 8.16. The van der Waals surface area contributed by atoms with Crippen LogP contribution >= 0.6 is 11.6 Å². The van der Waals surface area contributed by atoms with Crippen LogP contribution in [0.4, 0.5) is 17.1 Å². The molecular formula is C17H18ClN3O6S. The molecule has 2 rings (SSSR count). The minimum atomic E-state index is -3.95. The maximum atomic E-state index is 12.5. The van der Waals surface area contributed by atoms with E-state index in [2.05, 4.69) is 5.32 Å². The largest absolute Gasteiger partial charge is 0.495 e. The molecule has 0 fully saturated rings. The lowest BCUT2D eigenvalue weighted by atomic mass is 10.2. The van der Waals surface area contributed by atoms with Crippen LogP contribution in [0.3, 0.4) is 0 Å². The molecule has 0 saturated heterocycles. The summed E-state index contributed by atoms with van der Waals surface area (Å²) < 4.78 is 30.4. The summed E-state index contributed by atoms with van der Waals surface area (Å²) in [5, 5.41) is 14.1. The third-order valence-corrected chi connectivity index (χ3v) is 5.41. The highest BCUT2D eigenvalue weighted by atomic mass is 35.5. The molecule has 0 radical (unpaired) electrons. The Bertz CT molecular complexity index is 1030. The lowest BCUT2D eigenvalue weighted by Crippen LogP contribution is -2.37. The molecule has 28 heavy (non-hydrogen) atoms. The number of hydrogen-bond acceptors (Lipinski definition) is 6. The predicted molar refractivity (Wildman–Crippen MR) is 107 cm³/mol. The van der Waals surface area contributed by atoms with Crippen molar-refractivity contribution in [1.82, 2.24) is 0 Å². The van der Waals surface area contributed by atoms with E-state index in [0.717, 1.165) is 16.6 Å². The lowest BCUT2D eigenvalue weighted by molar-refractivity contribution is -0.384. The molecule has 0 aliphatic heterocycles. The van der Waals surface area contributed by atoms with Crippen LogP contribution in [-0.2, 0) is 14.8 Å². The molecular weight excluding hydrogens is 410 g/mol. The molecule has 2 aromatic rings. The Hall–Kier alpha value is -2.85. The van der Waals surface area contributed by atoms with Gasteiger partial charge in [-0.25, -0.2) is 8.42 Å². The van der Waals surface area contributed by atoms with E-state index in [1.54, 1.807) is 25.1 Å². The van der Waals surface area contributed by atoms with Crippen LogP contribution in [0, 0.1) is 17.0 Å². The topological polar surface area (TPSA) is 119 Å². The van der Waals surface area contributed by atoms with Crippen molar-refractivity contribution in [1.29, 1.82) is 0 Å². The molecule has 0 aliphatic rings. The van der Waals surface area contributed by atoms with Crippen molar-refractivity contribution in [3.8, 4) is 5.75 Å². The van der Waals surface area contributed by atoms with Crippen molar-refractivity contribution in [2.45, 2.75) is 6.92 Å². The molecule has 0 unspecified atom stereocenters. The quantitative estimate of drug-likeness (QED) is 0.536. The van der Waals surface area contributed by atoms with E-state index in [0.29, 0.717) is 16.3 Å². The predicted octanol–water partition coefficient (Wildman–Crippen LogP) is 2.97. The highest BCUT2D eigenvalue weighted by Gasteiger charge is 2.26. The Kier molecular flexibility index (Phi) is 6.47. The van der Waals surface area contributed by atoms with Gasteiger partial charge in [-0.1, -0.05) is 17.7 Å². The first-order valence-corrected chi connectivity index (χ1v) is 10.1. The van der Waals surface area contributed by atoms with E-state index in [9.17, 15) is 23.3 Å². The standard InChI is InChI=1S/C17H18ClN3O6S/c1-11-13(18)5-4-6-14(11)19-17(22)10-20(28(3,25)26)15-9-12(21(23)24)7-8-16(15)27-2/h4-9H,10H2,1-3H3,(H,19,22). The average Bonchev–Trinajstić information content (AvgIpc) is 2.62. The summed E-state index contributed by atoms with van der Waals surface area (Å²) in [6.45, 7) is 1.10. The molecule has 0 heterocycles. The summed E-state index contributed by atoms with van der Waals surface area (Å²) in [4.78, 5) is 22.9. The fourth-order valence-corrected chi connectivity index (χ4v) is 3.46. The molecule has 1 amide bonds. The van der Waals surface area contributed by atoms with Gasteiger partial charge in [0.15, 0.2) is 0 Å². The molecule has 150 valence electrons. The van der Waals surface area contributed by atoms with Crippen molar-refractivity contribution >= 4 is 44.6 Å². The summed E-state index contributed by atoms with van der Waals surface area (Å²) in [5.41, 5.74) is 0.598. The van der Waals surface area contributed by atoms with E-state index >= 15 is 0 Å². The fourth-order valence-electron chi connectivity index (χ4n) is 2.43. The number of amides is 1. The van der Waals surface area contributed by atoms with Crippen molar-refractivity contribution < 1.29 is 22.9 Å². The first kappa shape index (κ1) is 21.5. The van der Waals surface area contributed by atoms with Gasteiger partial charge in [0.1, 0.15) is 18.0 Å². The molecule has 11 heteroatoms. The Morgan fingerprint density at radius 2 is 2.00 bits per heavy atom. The van der Waals surface area contributed by atoms with Crippen LogP contribution in [0.15, 0.2) is 36.4 Å². The fraction of sp³-hybridized carbons (Fsp3) is 0.235. The minimum Gasteiger partial charge on any atom is -0.495 e. The number of halogens is 1. The summed E-state index contributed by atoms with van der Waals surface area (Å²) in [5.74, 6) is -0.577. The molecule has 1 N–H and O–H groups in total. The normalized spacial score (nSPS) is 11.0. The van der Waals surface area contributed by atoms with Gasteiger partial charge >= 0.3 is 0 Å². The van der Waals surface area contributed by atoms with Gasteiger partial charge in [0.25, 0.3) is 5.69 Å². The van der Waals surface area contributed by atoms with Gasteiger partial charge < -0.3 is 10.1 Å². The number of non-ortho nitro benzene ring substituents is 1. The van der Waals surface area contributed by atoms with Crippen LogP contribution in [0.25, 0.3) is 0 Å². The van der Waals surface area contributed by atoms with Crippen LogP contribution in [0.1, 0.15) is 5.56 Å². The van der Waals surface area contributed by atoms with Crippen LogP contribution in [0.5, 0.6) is 5.75 Å². The maximum absolute atomic E-state index is 12.5. The van der Waals surface area contributed by atoms with E-state index in [-0.39, 0.29) is 17.1 Å². The van der Waals surface area contributed by atoms with Gasteiger partial charge in [0.2, 0.25) is 15.9 Å². The molecule has 0 aromatic heterocycles. The van der Waals surface area contributed by atoms with E-state index in [1.165, 1.54) is 19.2 Å². The van der Waals surface area contributed by atoms with Crippen molar-refractivity contribution in [2.75, 3.05) is 29.5 Å². The zero-order valence-corrected chi connectivity index (χ0v) is 16.9. The third kappa shape index (κ3) is 4.90. The summed E-state index contributed by atoms with van der Waals surface area (Å²) in [6.07, 6.45) is 0.892. The van der Waals surface area contributed by atoms with E-state index < -0.39 is 27.4 Å². The van der Waals surface area contributed by atoms with Gasteiger partial charge in [-0.3, -0.25) is 19.2 Å². The van der Waals surface area contributed by atoms with E-state index in [1.807, 2.05) is 0 Å². The number of hydrogen-bond donors (Lipinski definition) is 1. The maximum Gasteiger partial charge on any atom is 0.271 e. The van der Waals surface area contributed by atoms with Gasteiger partial charge in [0, 0.05) is 22.8 Å². The number of sulfonamides is 1. The SMILES string of the molecule is COc1ccc([N+](=O)[O-])cc1N(CC(=O)Nc1cccc(Cl)c1C)S(C)(=O)=O. The van der Waals surface area contributed by atoms with Crippen molar-refractivity contribution in [3.63, 3.8) is 0 Å². The Morgan fingerprint density at radius 1 is 1.32 bits per heavy atom. The number of nitro benzene ring substituents is 1. The smallest absolute Gasteiger partial charge is 0.271 e.